The maximum Gasteiger partial charge on any atom is 0.123 e. The fourth-order valence-electron chi connectivity index (χ4n) is 4.17. The van der Waals surface area contributed by atoms with Crippen LogP contribution in [-0.2, 0) is 17.8 Å². The van der Waals surface area contributed by atoms with Gasteiger partial charge in [-0.15, -0.1) is 11.8 Å². The maximum atomic E-state index is 13.5. The van der Waals surface area contributed by atoms with Crippen LogP contribution in [0.5, 0.6) is 0 Å². The summed E-state index contributed by atoms with van der Waals surface area (Å²) in [5.74, 6) is 2.00. The molecule has 150 valence electrons. The van der Waals surface area contributed by atoms with Crippen molar-refractivity contribution in [3.63, 3.8) is 0 Å². The number of ether oxygens (including phenoxy) is 1. The van der Waals surface area contributed by atoms with Gasteiger partial charge in [-0.05, 0) is 85.6 Å². The second-order valence-electron chi connectivity index (χ2n) is 8.02. The maximum absolute atomic E-state index is 13.5. The fourth-order valence-corrected chi connectivity index (χ4v) is 5.30. The highest BCUT2D eigenvalue weighted by Crippen LogP contribution is 2.34. The standard InChI is InChI=1S/C23H27F2NOS/c24-21-3-1-17(2-4-21)14-27-15-18-7-9-26(10-8-18)13-19-11-20-12-22(25)5-6-23(20)28-16-19/h1-6,12,18-19H,7-11,13-16H2. The molecule has 1 saturated heterocycles. The van der Waals surface area contributed by atoms with Crippen molar-refractivity contribution in [2.45, 2.75) is 30.8 Å². The Morgan fingerprint density at radius 1 is 0.964 bits per heavy atom. The zero-order valence-corrected chi connectivity index (χ0v) is 16.9. The summed E-state index contributed by atoms with van der Waals surface area (Å²) in [5.41, 5.74) is 2.19. The zero-order chi connectivity index (χ0) is 19.3. The third kappa shape index (κ3) is 5.34. The quantitative estimate of drug-likeness (QED) is 0.661. The lowest BCUT2D eigenvalue weighted by Crippen LogP contribution is -2.39. The van der Waals surface area contributed by atoms with Crippen molar-refractivity contribution in [1.82, 2.24) is 4.90 Å². The molecule has 2 heterocycles. The molecular formula is C23H27F2NOS. The Morgan fingerprint density at radius 2 is 1.71 bits per heavy atom. The summed E-state index contributed by atoms with van der Waals surface area (Å²) in [6.45, 7) is 4.66. The predicted molar refractivity (Wildman–Crippen MR) is 110 cm³/mol. The van der Waals surface area contributed by atoms with E-state index >= 15 is 0 Å². The van der Waals surface area contributed by atoms with Crippen LogP contribution in [0.2, 0.25) is 0 Å². The van der Waals surface area contributed by atoms with Gasteiger partial charge in [0.25, 0.3) is 0 Å². The van der Waals surface area contributed by atoms with Crippen LogP contribution in [0.15, 0.2) is 47.4 Å². The Hall–Kier alpha value is -1.43. The number of rotatable bonds is 6. The van der Waals surface area contributed by atoms with Crippen molar-refractivity contribution < 1.29 is 13.5 Å². The van der Waals surface area contributed by atoms with Gasteiger partial charge in [-0.2, -0.15) is 0 Å². The van der Waals surface area contributed by atoms with E-state index in [0.29, 0.717) is 18.4 Å². The Balaban J connectivity index is 1.17. The van der Waals surface area contributed by atoms with E-state index in [1.807, 2.05) is 17.8 Å². The fraction of sp³-hybridized carbons (Fsp3) is 0.478. The van der Waals surface area contributed by atoms with Gasteiger partial charge in [-0.3, -0.25) is 0 Å². The third-order valence-electron chi connectivity index (χ3n) is 5.76. The molecule has 0 N–H and O–H groups in total. The van der Waals surface area contributed by atoms with Crippen LogP contribution < -0.4 is 0 Å². The van der Waals surface area contributed by atoms with E-state index in [1.54, 1.807) is 24.3 Å². The van der Waals surface area contributed by atoms with Crippen LogP contribution in [0.3, 0.4) is 0 Å². The molecule has 2 aliphatic heterocycles. The molecule has 2 aromatic carbocycles. The molecule has 0 radical (unpaired) electrons. The van der Waals surface area contributed by atoms with Gasteiger partial charge in [-0.25, -0.2) is 8.78 Å². The molecule has 1 fully saturated rings. The first-order valence-corrected chi connectivity index (χ1v) is 11.1. The molecule has 0 spiro atoms. The molecule has 2 nitrogen and oxygen atoms in total. The van der Waals surface area contributed by atoms with Gasteiger partial charge in [0.15, 0.2) is 0 Å². The summed E-state index contributed by atoms with van der Waals surface area (Å²) >= 11 is 1.87. The Morgan fingerprint density at radius 3 is 2.50 bits per heavy atom. The number of piperidine rings is 1. The van der Waals surface area contributed by atoms with Crippen LogP contribution in [-0.4, -0.2) is 36.9 Å². The highest BCUT2D eigenvalue weighted by atomic mass is 32.2. The van der Waals surface area contributed by atoms with E-state index in [2.05, 4.69) is 4.90 Å². The van der Waals surface area contributed by atoms with Crippen LogP contribution in [0.25, 0.3) is 0 Å². The number of hydrogen-bond acceptors (Lipinski definition) is 3. The molecule has 0 saturated carbocycles. The molecule has 0 aliphatic carbocycles. The van der Waals surface area contributed by atoms with Crippen molar-refractivity contribution in [2.75, 3.05) is 32.0 Å². The summed E-state index contributed by atoms with van der Waals surface area (Å²) in [7, 11) is 0. The second-order valence-corrected chi connectivity index (χ2v) is 9.08. The average molecular weight is 404 g/mol. The predicted octanol–water partition coefficient (Wildman–Crippen LogP) is 5.16. The summed E-state index contributed by atoms with van der Waals surface area (Å²) in [6, 6.07) is 11.7. The first kappa shape index (κ1) is 19.9. The summed E-state index contributed by atoms with van der Waals surface area (Å²) in [6.07, 6.45) is 3.31. The minimum Gasteiger partial charge on any atom is -0.376 e. The first-order valence-electron chi connectivity index (χ1n) is 10.1. The summed E-state index contributed by atoms with van der Waals surface area (Å²) < 4.78 is 32.3. The van der Waals surface area contributed by atoms with Crippen LogP contribution in [0, 0.1) is 23.5 Å². The van der Waals surface area contributed by atoms with E-state index in [-0.39, 0.29) is 11.6 Å². The van der Waals surface area contributed by atoms with E-state index in [4.69, 9.17) is 4.74 Å². The van der Waals surface area contributed by atoms with E-state index < -0.39 is 0 Å². The molecule has 0 bridgehead atoms. The number of likely N-dealkylation sites (tertiary alicyclic amines) is 1. The van der Waals surface area contributed by atoms with Crippen molar-refractivity contribution in [3.8, 4) is 0 Å². The van der Waals surface area contributed by atoms with Crippen LogP contribution in [0.4, 0.5) is 8.78 Å². The number of hydrogen-bond donors (Lipinski definition) is 0. The van der Waals surface area contributed by atoms with Gasteiger partial charge in [0.05, 0.1) is 6.61 Å². The smallest absolute Gasteiger partial charge is 0.123 e. The SMILES string of the molecule is Fc1ccc(COCC2CCN(CC3CSc4ccc(F)cc4C3)CC2)cc1. The first-order chi connectivity index (χ1) is 13.7. The number of thioether (sulfide) groups is 1. The van der Waals surface area contributed by atoms with Gasteiger partial charge >= 0.3 is 0 Å². The normalized spacial score (nSPS) is 20.9. The monoisotopic (exact) mass is 403 g/mol. The summed E-state index contributed by atoms with van der Waals surface area (Å²) in [4.78, 5) is 3.81. The topological polar surface area (TPSA) is 12.5 Å². The van der Waals surface area contributed by atoms with Crippen molar-refractivity contribution in [3.05, 3.63) is 65.2 Å². The van der Waals surface area contributed by atoms with E-state index in [9.17, 15) is 8.78 Å². The van der Waals surface area contributed by atoms with Crippen LogP contribution >= 0.6 is 11.8 Å². The zero-order valence-electron chi connectivity index (χ0n) is 16.1. The molecule has 5 heteroatoms. The number of nitrogens with zero attached hydrogens (tertiary/aromatic N) is 1. The lowest BCUT2D eigenvalue weighted by atomic mass is 9.95. The lowest BCUT2D eigenvalue weighted by Gasteiger charge is -2.35. The Labute approximate surface area is 170 Å². The molecule has 28 heavy (non-hydrogen) atoms. The van der Waals surface area contributed by atoms with Crippen molar-refractivity contribution in [1.29, 1.82) is 0 Å². The van der Waals surface area contributed by atoms with Gasteiger partial charge in [0, 0.05) is 23.8 Å². The van der Waals surface area contributed by atoms with E-state index in [0.717, 1.165) is 56.8 Å². The Bertz CT molecular complexity index is 775. The average Bonchev–Trinajstić information content (AvgIpc) is 2.70. The molecule has 0 aromatic heterocycles. The van der Waals surface area contributed by atoms with Gasteiger partial charge in [0.2, 0.25) is 0 Å². The van der Waals surface area contributed by atoms with Gasteiger partial charge in [0.1, 0.15) is 11.6 Å². The summed E-state index contributed by atoms with van der Waals surface area (Å²) in [5, 5.41) is 0. The molecule has 0 amide bonds. The van der Waals surface area contributed by atoms with Crippen molar-refractivity contribution in [2.24, 2.45) is 11.8 Å². The van der Waals surface area contributed by atoms with Crippen molar-refractivity contribution >= 4 is 11.8 Å². The highest BCUT2D eigenvalue weighted by Gasteiger charge is 2.25. The minimum absolute atomic E-state index is 0.124. The number of fused-ring (bicyclic) bond motifs is 1. The second kappa shape index (κ2) is 9.38. The molecular weight excluding hydrogens is 376 g/mol. The number of halogens is 2. The largest absolute Gasteiger partial charge is 0.376 e. The Kier molecular flexibility index (Phi) is 6.65. The third-order valence-corrected chi connectivity index (χ3v) is 7.11. The van der Waals surface area contributed by atoms with E-state index in [1.165, 1.54) is 22.6 Å². The minimum atomic E-state index is -0.207. The lowest BCUT2D eigenvalue weighted by molar-refractivity contribution is 0.0550. The molecule has 1 atom stereocenters. The number of benzene rings is 2. The molecule has 1 unspecified atom stereocenters. The molecule has 2 aromatic rings. The molecule has 2 aliphatic rings. The highest BCUT2D eigenvalue weighted by molar-refractivity contribution is 7.99. The van der Waals surface area contributed by atoms with Crippen LogP contribution in [0.1, 0.15) is 24.0 Å². The molecule has 4 rings (SSSR count). The van der Waals surface area contributed by atoms with Gasteiger partial charge < -0.3 is 9.64 Å². The van der Waals surface area contributed by atoms with Gasteiger partial charge in [-0.1, -0.05) is 12.1 Å².